The number of carbonyl (C=O) groups is 2. The maximum Gasteiger partial charge on any atom is 0.243 e. The van der Waals surface area contributed by atoms with Crippen LogP contribution in [-0.4, -0.2) is 55.1 Å². The van der Waals surface area contributed by atoms with Crippen LogP contribution in [-0.2, 0) is 32.6 Å². The van der Waals surface area contributed by atoms with Crippen LogP contribution in [0.3, 0.4) is 0 Å². The number of halogens is 1. The van der Waals surface area contributed by atoms with Gasteiger partial charge in [-0.1, -0.05) is 103 Å². The molecule has 0 radical (unpaired) electrons. The molecule has 224 valence electrons. The largest absolute Gasteiger partial charge is 0.352 e. The van der Waals surface area contributed by atoms with Gasteiger partial charge < -0.3 is 10.2 Å². The van der Waals surface area contributed by atoms with Gasteiger partial charge in [0.2, 0.25) is 21.8 Å². The van der Waals surface area contributed by atoms with Crippen LogP contribution in [0.4, 0.5) is 0 Å². The predicted octanol–water partition coefficient (Wildman–Crippen LogP) is 5.81. The minimum atomic E-state index is -4.00. The molecule has 0 spiro atoms. The van der Waals surface area contributed by atoms with E-state index in [2.05, 4.69) is 5.32 Å². The van der Waals surface area contributed by atoms with Crippen LogP contribution >= 0.6 is 11.6 Å². The second-order valence-corrected chi connectivity index (χ2v) is 13.5. The number of fused-ring (bicyclic) bond motifs is 1. The first-order chi connectivity index (χ1) is 20.7. The number of hydrogen-bond acceptors (Lipinski definition) is 4. The van der Waals surface area contributed by atoms with Crippen LogP contribution in [0.2, 0.25) is 5.02 Å². The van der Waals surface area contributed by atoms with Gasteiger partial charge in [0.15, 0.2) is 0 Å². The summed E-state index contributed by atoms with van der Waals surface area (Å²) in [4.78, 5) is 29.6. The number of likely N-dealkylation sites (N-methyl/N-ethyl adjacent to an activating group) is 1. The third-order valence-electron chi connectivity index (χ3n) is 8.06. The van der Waals surface area contributed by atoms with Gasteiger partial charge in [-0.25, -0.2) is 8.42 Å². The Balaban J connectivity index is 1.46. The molecule has 0 heterocycles. The van der Waals surface area contributed by atoms with E-state index in [1.165, 1.54) is 11.9 Å². The average molecular weight is 618 g/mol. The molecule has 1 N–H and O–H groups in total. The Morgan fingerprint density at radius 3 is 2.26 bits per heavy atom. The second kappa shape index (κ2) is 13.7. The first kappa shape index (κ1) is 30.7. The summed E-state index contributed by atoms with van der Waals surface area (Å²) in [6.07, 6.45) is 4.17. The molecule has 9 heteroatoms. The van der Waals surface area contributed by atoms with E-state index in [-0.39, 0.29) is 29.8 Å². The molecule has 5 rings (SSSR count). The molecule has 1 unspecified atom stereocenters. The molecule has 1 aliphatic carbocycles. The van der Waals surface area contributed by atoms with E-state index in [4.69, 9.17) is 11.6 Å². The lowest BCUT2D eigenvalue weighted by Crippen LogP contribution is -2.54. The van der Waals surface area contributed by atoms with Crippen LogP contribution < -0.4 is 5.32 Å². The van der Waals surface area contributed by atoms with Crippen molar-refractivity contribution in [2.45, 2.75) is 55.6 Å². The van der Waals surface area contributed by atoms with Gasteiger partial charge in [-0.2, -0.15) is 4.31 Å². The smallest absolute Gasteiger partial charge is 0.243 e. The zero-order chi connectivity index (χ0) is 30.4. The maximum atomic E-state index is 14.1. The van der Waals surface area contributed by atoms with Crippen molar-refractivity contribution >= 4 is 44.2 Å². The molecule has 2 amide bonds. The van der Waals surface area contributed by atoms with E-state index in [9.17, 15) is 18.0 Å². The maximum absolute atomic E-state index is 14.1. The zero-order valence-corrected chi connectivity index (χ0v) is 25.7. The minimum Gasteiger partial charge on any atom is -0.352 e. The predicted molar refractivity (Wildman–Crippen MR) is 170 cm³/mol. The molecule has 4 aromatic carbocycles. The van der Waals surface area contributed by atoms with Gasteiger partial charge in [-0.3, -0.25) is 9.59 Å². The lowest BCUT2D eigenvalue weighted by molar-refractivity contribution is -0.141. The molecule has 0 bridgehead atoms. The number of rotatable bonds is 11. The molecule has 1 saturated carbocycles. The highest BCUT2D eigenvalue weighted by Gasteiger charge is 2.34. The van der Waals surface area contributed by atoms with E-state index < -0.39 is 28.5 Å². The third kappa shape index (κ3) is 7.44. The van der Waals surface area contributed by atoms with E-state index in [1.54, 1.807) is 30.3 Å². The van der Waals surface area contributed by atoms with Crippen LogP contribution in [0.25, 0.3) is 10.8 Å². The summed E-state index contributed by atoms with van der Waals surface area (Å²) in [5, 5.41) is 5.34. The van der Waals surface area contributed by atoms with Crippen molar-refractivity contribution in [3.63, 3.8) is 0 Å². The van der Waals surface area contributed by atoms with Crippen molar-refractivity contribution in [3.05, 3.63) is 113 Å². The molecule has 0 aliphatic heterocycles. The minimum absolute atomic E-state index is 0.0535. The number of nitrogens with one attached hydrogen (secondary N) is 1. The van der Waals surface area contributed by atoms with E-state index >= 15 is 0 Å². The standard InChI is InChI=1S/C34H36ClN3O4S/c1-37(43(41,42)30-20-19-26-13-5-6-14-27(26)22-30)24-33(39)38(23-28-15-7-10-18-31(28)35)32(21-25-11-3-2-4-12-25)34(40)36-29-16-8-9-17-29/h2-7,10-15,18-20,22,29,32H,8-9,16-17,21,23-24H2,1H3,(H,36,40). The van der Waals surface area contributed by atoms with E-state index in [0.717, 1.165) is 46.3 Å². The number of amides is 2. The van der Waals surface area contributed by atoms with Crippen LogP contribution in [0.15, 0.2) is 102 Å². The SMILES string of the molecule is CN(CC(=O)N(Cc1ccccc1Cl)C(Cc1ccccc1)C(=O)NC1CCCC1)S(=O)(=O)c1ccc2ccccc2c1. The van der Waals surface area contributed by atoms with Gasteiger partial charge in [-0.05, 0) is 52.9 Å². The number of benzene rings is 4. The zero-order valence-electron chi connectivity index (χ0n) is 24.2. The second-order valence-electron chi connectivity index (χ2n) is 11.1. The number of carbonyl (C=O) groups excluding carboxylic acids is 2. The fraction of sp³-hybridized carbons (Fsp3) is 0.294. The van der Waals surface area contributed by atoms with Crippen LogP contribution in [0, 0.1) is 0 Å². The summed E-state index contributed by atoms with van der Waals surface area (Å²) in [6, 6.07) is 28.3. The topological polar surface area (TPSA) is 86.8 Å². The monoisotopic (exact) mass is 617 g/mol. The summed E-state index contributed by atoms with van der Waals surface area (Å²) >= 11 is 6.52. The lowest BCUT2D eigenvalue weighted by atomic mass is 10.0. The Morgan fingerprint density at radius 1 is 0.884 bits per heavy atom. The van der Waals surface area contributed by atoms with Crippen molar-refractivity contribution in [2.75, 3.05) is 13.6 Å². The molecular formula is C34H36ClN3O4S. The molecular weight excluding hydrogens is 582 g/mol. The summed E-state index contributed by atoms with van der Waals surface area (Å²) < 4.78 is 28.3. The van der Waals surface area contributed by atoms with E-state index in [1.807, 2.05) is 66.7 Å². The number of hydrogen-bond donors (Lipinski definition) is 1. The van der Waals surface area contributed by atoms with Crippen molar-refractivity contribution in [1.29, 1.82) is 0 Å². The Morgan fingerprint density at radius 2 is 1.53 bits per heavy atom. The van der Waals surface area contributed by atoms with Crippen molar-refractivity contribution in [2.24, 2.45) is 0 Å². The average Bonchev–Trinajstić information content (AvgIpc) is 3.53. The summed E-state index contributed by atoms with van der Waals surface area (Å²) in [5.41, 5.74) is 1.56. The highest BCUT2D eigenvalue weighted by atomic mass is 35.5. The van der Waals surface area contributed by atoms with Gasteiger partial charge in [0.1, 0.15) is 6.04 Å². The molecule has 43 heavy (non-hydrogen) atoms. The first-order valence-electron chi connectivity index (χ1n) is 14.5. The Labute approximate surface area is 258 Å². The van der Waals surface area contributed by atoms with Gasteiger partial charge >= 0.3 is 0 Å². The van der Waals surface area contributed by atoms with Crippen molar-refractivity contribution < 1.29 is 18.0 Å². The highest BCUT2D eigenvalue weighted by molar-refractivity contribution is 7.89. The fourth-order valence-corrected chi connectivity index (χ4v) is 6.96. The highest BCUT2D eigenvalue weighted by Crippen LogP contribution is 2.24. The normalized spacial score (nSPS) is 14.6. The van der Waals surface area contributed by atoms with Crippen LogP contribution in [0.5, 0.6) is 0 Å². The summed E-state index contributed by atoms with van der Waals surface area (Å²) in [6.45, 7) is -0.389. The quantitative estimate of drug-likeness (QED) is 0.230. The molecule has 1 atom stereocenters. The fourth-order valence-electron chi connectivity index (χ4n) is 5.61. The lowest BCUT2D eigenvalue weighted by Gasteiger charge is -2.33. The van der Waals surface area contributed by atoms with Gasteiger partial charge in [-0.15, -0.1) is 0 Å². The Bertz CT molecular complexity index is 1690. The van der Waals surface area contributed by atoms with Crippen molar-refractivity contribution in [3.8, 4) is 0 Å². The van der Waals surface area contributed by atoms with Crippen LogP contribution in [0.1, 0.15) is 36.8 Å². The molecule has 4 aromatic rings. The van der Waals surface area contributed by atoms with Gasteiger partial charge in [0, 0.05) is 31.1 Å². The summed E-state index contributed by atoms with van der Waals surface area (Å²) in [5.74, 6) is -0.745. The van der Waals surface area contributed by atoms with Gasteiger partial charge in [0.25, 0.3) is 0 Å². The first-order valence-corrected chi connectivity index (χ1v) is 16.4. The number of sulfonamides is 1. The Hall–Kier alpha value is -3.72. The molecule has 1 aliphatic rings. The Kier molecular flexibility index (Phi) is 9.80. The van der Waals surface area contributed by atoms with Crippen molar-refractivity contribution in [1.82, 2.24) is 14.5 Å². The van der Waals surface area contributed by atoms with Gasteiger partial charge in [0.05, 0.1) is 11.4 Å². The molecule has 0 saturated heterocycles. The molecule has 7 nitrogen and oxygen atoms in total. The molecule has 1 fully saturated rings. The summed E-state index contributed by atoms with van der Waals surface area (Å²) in [7, 11) is -2.61. The number of nitrogens with zero attached hydrogens (tertiary/aromatic N) is 2. The van der Waals surface area contributed by atoms with E-state index in [0.29, 0.717) is 10.6 Å². The third-order valence-corrected chi connectivity index (χ3v) is 10.2. The molecule has 0 aromatic heterocycles.